The lowest BCUT2D eigenvalue weighted by Gasteiger charge is -2.43. The Balaban J connectivity index is 1.91. The van der Waals surface area contributed by atoms with Crippen LogP contribution in [-0.2, 0) is 4.74 Å². The summed E-state index contributed by atoms with van der Waals surface area (Å²) in [5.74, 6) is 1.56. The van der Waals surface area contributed by atoms with Gasteiger partial charge in [0.15, 0.2) is 0 Å². The zero-order chi connectivity index (χ0) is 13.7. The van der Waals surface area contributed by atoms with Gasteiger partial charge in [-0.2, -0.15) is 0 Å². The van der Waals surface area contributed by atoms with Crippen molar-refractivity contribution in [3.8, 4) is 0 Å². The molecule has 2 aliphatic rings. The second kappa shape index (κ2) is 7.61. The highest BCUT2D eigenvalue weighted by molar-refractivity contribution is 4.89. The molecule has 0 radical (unpaired) electrons. The van der Waals surface area contributed by atoms with Crippen LogP contribution in [-0.4, -0.2) is 49.8 Å². The maximum atomic E-state index is 5.55. The maximum Gasteiger partial charge on any atom is 0.0507 e. The fourth-order valence-electron chi connectivity index (χ4n) is 3.45. The smallest absolute Gasteiger partial charge is 0.0507 e. The average molecular weight is 268 g/mol. The summed E-state index contributed by atoms with van der Waals surface area (Å²) in [6, 6.07) is 1.42. The molecule has 0 spiro atoms. The fourth-order valence-corrected chi connectivity index (χ4v) is 3.45. The van der Waals surface area contributed by atoms with E-state index >= 15 is 0 Å². The molecule has 2 rings (SSSR count). The lowest BCUT2D eigenvalue weighted by atomic mass is 9.93. The van der Waals surface area contributed by atoms with Gasteiger partial charge in [-0.3, -0.25) is 4.90 Å². The zero-order valence-corrected chi connectivity index (χ0v) is 13.0. The van der Waals surface area contributed by atoms with E-state index in [0.29, 0.717) is 6.04 Å². The number of hydrogen-bond acceptors (Lipinski definition) is 3. The van der Waals surface area contributed by atoms with Crippen molar-refractivity contribution in [1.29, 1.82) is 0 Å². The molecule has 0 aromatic carbocycles. The molecule has 3 nitrogen and oxygen atoms in total. The van der Waals surface area contributed by atoms with Crippen LogP contribution in [0.1, 0.15) is 46.5 Å². The first kappa shape index (κ1) is 15.3. The summed E-state index contributed by atoms with van der Waals surface area (Å²) in [5, 5.41) is 3.79. The highest BCUT2D eigenvalue weighted by atomic mass is 16.5. The number of hydrogen-bond donors (Lipinski definition) is 1. The van der Waals surface area contributed by atoms with Gasteiger partial charge in [-0.1, -0.05) is 33.6 Å². The third kappa shape index (κ3) is 4.17. The predicted octanol–water partition coefficient (Wildman–Crippen LogP) is 2.51. The van der Waals surface area contributed by atoms with Gasteiger partial charge >= 0.3 is 0 Å². The van der Waals surface area contributed by atoms with Crippen molar-refractivity contribution in [3.63, 3.8) is 0 Å². The van der Waals surface area contributed by atoms with Crippen LogP contribution in [0, 0.1) is 11.8 Å². The minimum Gasteiger partial charge on any atom is -0.381 e. The second-order valence-corrected chi connectivity index (χ2v) is 6.53. The molecule has 0 aliphatic carbocycles. The normalized spacial score (nSPS) is 34.6. The van der Waals surface area contributed by atoms with Gasteiger partial charge in [0.1, 0.15) is 0 Å². The second-order valence-electron chi connectivity index (χ2n) is 6.53. The van der Waals surface area contributed by atoms with Crippen LogP contribution in [0.25, 0.3) is 0 Å². The van der Waals surface area contributed by atoms with Crippen LogP contribution in [0.2, 0.25) is 0 Å². The van der Waals surface area contributed by atoms with Crippen molar-refractivity contribution in [2.24, 2.45) is 11.8 Å². The highest BCUT2D eigenvalue weighted by Crippen LogP contribution is 2.22. The number of ether oxygens (including phenoxy) is 1. The SMILES string of the molecule is CCCC1CNC(C(C)CC)CN1CC1CCOC1. The molecule has 3 heteroatoms. The van der Waals surface area contributed by atoms with Crippen molar-refractivity contribution in [2.75, 3.05) is 32.8 Å². The van der Waals surface area contributed by atoms with E-state index in [1.807, 2.05) is 0 Å². The van der Waals surface area contributed by atoms with E-state index in [-0.39, 0.29) is 0 Å². The van der Waals surface area contributed by atoms with E-state index in [1.165, 1.54) is 45.3 Å². The van der Waals surface area contributed by atoms with Gasteiger partial charge in [-0.05, 0) is 24.7 Å². The monoisotopic (exact) mass is 268 g/mol. The number of nitrogens with zero attached hydrogens (tertiary/aromatic N) is 1. The van der Waals surface area contributed by atoms with Gasteiger partial charge in [0.2, 0.25) is 0 Å². The van der Waals surface area contributed by atoms with Crippen molar-refractivity contribution < 1.29 is 4.74 Å². The van der Waals surface area contributed by atoms with Crippen LogP contribution in [0.15, 0.2) is 0 Å². The summed E-state index contributed by atoms with van der Waals surface area (Å²) in [6.45, 7) is 12.6. The van der Waals surface area contributed by atoms with Crippen LogP contribution >= 0.6 is 0 Å². The molecule has 2 saturated heterocycles. The van der Waals surface area contributed by atoms with Gasteiger partial charge < -0.3 is 10.1 Å². The summed E-state index contributed by atoms with van der Waals surface area (Å²) in [7, 11) is 0. The minimum absolute atomic E-state index is 0.681. The maximum absolute atomic E-state index is 5.55. The Morgan fingerprint density at radius 3 is 2.84 bits per heavy atom. The summed E-state index contributed by atoms with van der Waals surface area (Å²) in [6.07, 6.45) is 5.15. The van der Waals surface area contributed by atoms with E-state index in [2.05, 4.69) is 31.0 Å². The molecule has 1 N–H and O–H groups in total. The molecule has 0 aromatic heterocycles. The van der Waals surface area contributed by atoms with Crippen molar-refractivity contribution in [1.82, 2.24) is 10.2 Å². The predicted molar refractivity (Wildman–Crippen MR) is 80.4 cm³/mol. The first-order chi connectivity index (χ1) is 9.24. The van der Waals surface area contributed by atoms with E-state index < -0.39 is 0 Å². The highest BCUT2D eigenvalue weighted by Gasteiger charge is 2.31. The Morgan fingerprint density at radius 2 is 2.21 bits per heavy atom. The largest absolute Gasteiger partial charge is 0.381 e. The lowest BCUT2D eigenvalue weighted by Crippen LogP contribution is -2.59. The molecule has 2 aliphatic heterocycles. The summed E-state index contributed by atoms with van der Waals surface area (Å²) >= 11 is 0. The Morgan fingerprint density at radius 1 is 1.37 bits per heavy atom. The first-order valence-corrected chi connectivity index (χ1v) is 8.29. The van der Waals surface area contributed by atoms with Gasteiger partial charge in [0.05, 0.1) is 6.61 Å². The van der Waals surface area contributed by atoms with Crippen LogP contribution in [0.5, 0.6) is 0 Å². The fraction of sp³-hybridized carbons (Fsp3) is 1.00. The summed E-state index contributed by atoms with van der Waals surface area (Å²) in [5.41, 5.74) is 0. The van der Waals surface area contributed by atoms with Crippen molar-refractivity contribution in [3.05, 3.63) is 0 Å². The summed E-state index contributed by atoms with van der Waals surface area (Å²) < 4.78 is 5.55. The van der Waals surface area contributed by atoms with E-state index in [4.69, 9.17) is 4.74 Å². The van der Waals surface area contributed by atoms with Gasteiger partial charge in [-0.25, -0.2) is 0 Å². The molecule has 19 heavy (non-hydrogen) atoms. The third-order valence-electron chi connectivity index (χ3n) is 5.03. The molecule has 0 amide bonds. The molecule has 2 heterocycles. The standard InChI is InChI=1S/C16H32N2O/c1-4-6-15-9-17-16(13(3)5-2)11-18(15)10-14-7-8-19-12-14/h13-17H,4-12H2,1-3H3. The van der Waals surface area contributed by atoms with Crippen molar-refractivity contribution >= 4 is 0 Å². The summed E-state index contributed by atoms with van der Waals surface area (Å²) in [4.78, 5) is 2.76. The first-order valence-electron chi connectivity index (χ1n) is 8.29. The quantitative estimate of drug-likeness (QED) is 0.801. The molecular formula is C16H32N2O. The lowest BCUT2D eigenvalue weighted by molar-refractivity contribution is 0.0817. The van der Waals surface area contributed by atoms with E-state index in [0.717, 1.165) is 31.1 Å². The molecule has 0 saturated carbocycles. The van der Waals surface area contributed by atoms with E-state index in [1.54, 1.807) is 0 Å². The molecular weight excluding hydrogens is 236 g/mol. The average Bonchev–Trinajstić information content (AvgIpc) is 2.93. The Hall–Kier alpha value is -0.120. The van der Waals surface area contributed by atoms with E-state index in [9.17, 15) is 0 Å². The van der Waals surface area contributed by atoms with Crippen LogP contribution in [0.4, 0.5) is 0 Å². The van der Waals surface area contributed by atoms with Crippen LogP contribution < -0.4 is 5.32 Å². The topological polar surface area (TPSA) is 24.5 Å². The number of rotatable bonds is 6. The molecule has 0 aromatic rings. The number of piperazine rings is 1. The van der Waals surface area contributed by atoms with Gasteiger partial charge in [-0.15, -0.1) is 0 Å². The Labute approximate surface area is 119 Å². The van der Waals surface area contributed by atoms with Gasteiger partial charge in [0.25, 0.3) is 0 Å². The molecule has 2 fully saturated rings. The van der Waals surface area contributed by atoms with Gasteiger partial charge in [0, 0.05) is 38.3 Å². The minimum atomic E-state index is 0.681. The molecule has 0 bridgehead atoms. The third-order valence-corrected chi connectivity index (χ3v) is 5.03. The van der Waals surface area contributed by atoms with Crippen molar-refractivity contribution in [2.45, 2.75) is 58.5 Å². The Kier molecular flexibility index (Phi) is 6.11. The zero-order valence-electron chi connectivity index (χ0n) is 13.0. The Bertz CT molecular complexity index is 253. The molecule has 4 atom stereocenters. The molecule has 4 unspecified atom stereocenters. The molecule has 112 valence electrons. The van der Waals surface area contributed by atoms with Crippen LogP contribution in [0.3, 0.4) is 0 Å². The number of nitrogens with one attached hydrogen (secondary N) is 1.